The van der Waals surface area contributed by atoms with Crippen LogP contribution in [0.25, 0.3) is 0 Å². The molecule has 0 fully saturated rings. The van der Waals surface area contributed by atoms with Gasteiger partial charge in [-0.3, -0.25) is 0 Å². The Labute approximate surface area is 105 Å². The van der Waals surface area contributed by atoms with Gasteiger partial charge in [0.15, 0.2) is 11.4 Å². The van der Waals surface area contributed by atoms with E-state index in [1.165, 1.54) is 12.1 Å². The number of carbonyl (C=O) groups excluding carboxylic acids is 2. The first-order valence-electron chi connectivity index (χ1n) is 5.45. The van der Waals surface area contributed by atoms with Crippen molar-refractivity contribution in [3.63, 3.8) is 0 Å². The van der Waals surface area contributed by atoms with Crippen molar-refractivity contribution < 1.29 is 19.1 Å². The maximum absolute atomic E-state index is 11.5. The fourth-order valence-corrected chi connectivity index (χ4v) is 1.23. The third-order valence-corrected chi connectivity index (χ3v) is 1.96. The van der Waals surface area contributed by atoms with Crippen LogP contribution in [-0.4, -0.2) is 30.1 Å². The maximum atomic E-state index is 11.5. The van der Waals surface area contributed by atoms with Crippen molar-refractivity contribution in [2.75, 3.05) is 13.2 Å². The van der Waals surface area contributed by atoms with Gasteiger partial charge < -0.3 is 9.47 Å². The summed E-state index contributed by atoms with van der Waals surface area (Å²) in [5, 5.41) is 0. The smallest absolute Gasteiger partial charge is 0.356 e. The van der Waals surface area contributed by atoms with Gasteiger partial charge in [-0.25, -0.2) is 14.6 Å². The predicted octanol–water partition coefficient (Wildman–Crippen LogP) is 1.42. The van der Waals surface area contributed by atoms with E-state index in [9.17, 15) is 9.59 Å². The minimum Gasteiger partial charge on any atom is -0.461 e. The second-order valence-electron chi connectivity index (χ2n) is 3.21. The van der Waals surface area contributed by atoms with Crippen LogP contribution in [0.3, 0.4) is 0 Å². The highest BCUT2D eigenvalue weighted by molar-refractivity contribution is 5.92. The van der Waals surface area contributed by atoms with Gasteiger partial charge in [-0.15, -0.1) is 6.42 Å². The third-order valence-electron chi connectivity index (χ3n) is 1.96. The number of pyridine rings is 1. The first-order valence-corrected chi connectivity index (χ1v) is 5.45. The fraction of sp³-hybridized carbons (Fsp3) is 0.308. The number of hydrogen-bond donors (Lipinski definition) is 0. The third kappa shape index (κ3) is 3.32. The Bertz CT molecular complexity index is 466. The first-order chi connectivity index (χ1) is 8.62. The average Bonchev–Trinajstić information content (AvgIpc) is 2.38. The van der Waals surface area contributed by atoms with Crippen LogP contribution in [-0.2, 0) is 9.47 Å². The number of esters is 2. The van der Waals surface area contributed by atoms with Crippen molar-refractivity contribution in [3.8, 4) is 12.3 Å². The van der Waals surface area contributed by atoms with Crippen LogP contribution in [0, 0.1) is 12.3 Å². The summed E-state index contributed by atoms with van der Waals surface area (Å²) in [6.45, 7) is 3.79. The SMILES string of the molecule is C#Cc1cc(C(=O)OCC)nc(C(=O)OCC)c1. The van der Waals surface area contributed by atoms with Gasteiger partial charge in [-0.1, -0.05) is 5.92 Å². The van der Waals surface area contributed by atoms with E-state index in [-0.39, 0.29) is 24.6 Å². The minimum atomic E-state index is -0.625. The Morgan fingerprint density at radius 1 is 1.17 bits per heavy atom. The van der Waals surface area contributed by atoms with Crippen molar-refractivity contribution in [2.45, 2.75) is 13.8 Å². The van der Waals surface area contributed by atoms with Crippen molar-refractivity contribution in [1.82, 2.24) is 4.98 Å². The molecule has 5 heteroatoms. The zero-order valence-corrected chi connectivity index (χ0v) is 10.2. The molecule has 0 saturated heterocycles. The van der Waals surface area contributed by atoms with Crippen LogP contribution < -0.4 is 0 Å². The number of terminal acetylenes is 1. The van der Waals surface area contributed by atoms with Crippen LogP contribution in [0.2, 0.25) is 0 Å². The highest BCUT2D eigenvalue weighted by atomic mass is 16.5. The van der Waals surface area contributed by atoms with E-state index in [4.69, 9.17) is 15.9 Å². The van der Waals surface area contributed by atoms with Gasteiger partial charge in [-0.2, -0.15) is 0 Å². The molecule has 0 aliphatic heterocycles. The van der Waals surface area contributed by atoms with E-state index in [0.29, 0.717) is 5.56 Å². The molecule has 0 saturated carbocycles. The van der Waals surface area contributed by atoms with Gasteiger partial charge in [0.25, 0.3) is 0 Å². The van der Waals surface area contributed by atoms with Gasteiger partial charge in [0.1, 0.15) is 0 Å². The number of aromatic nitrogens is 1. The summed E-state index contributed by atoms with van der Waals surface area (Å²) >= 11 is 0. The van der Waals surface area contributed by atoms with Crippen molar-refractivity contribution in [2.24, 2.45) is 0 Å². The van der Waals surface area contributed by atoms with Gasteiger partial charge in [0, 0.05) is 5.56 Å². The molecule has 0 aliphatic rings. The van der Waals surface area contributed by atoms with E-state index in [2.05, 4.69) is 10.9 Å². The quantitative estimate of drug-likeness (QED) is 0.594. The number of carbonyl (C=O) groups is 2. The lowest BCUT2D eigenvalue weighted by Gasteiger charge is -2.05. The summed E-state index contributed by atoms with van der Waals surface area (Å²) in [4.78, 5) is 27.0. The molecule has 5 nitrogen and oxygen atoms in total. The molecule has 0 bridgehead atoms. The second kappa shape index (κ2) is 6.40. The number of ether oxygens (including phenoxy) is 2. The molecule has 0 amide bonds. The standard InChI is InChI=1S/C13H13NO4/c1-4-9-7-10(12(15)17-5-2)14-11(8-9)13(16)18-6-3/h1,7-8H,5-6H2,2-3H3. The summed E-state index contributed by atoms with van der Waals surface area (Å²) in [5.74, 6) is 1.10. The molecule has 0 N–H and O–H groups in total. The van der Waals surface area contributed by atoms with Crippen molar-refractivity contribution in [3.05, 3.63) is 29.1 Å². The first kappa shape index (κ1) is 13.7. The molecule has 18 heavy (non-hydrogen) atoms. The van der Waals surface area contributed by atoms with E-state index >= 15 is 0 Å². The van der Waals surface area contributed by atoms with Crippen LogP contribution in [0.15, 0.2) is 12.1 Å². The summed E-state index contributed by atoms with van der Waals surface area (Å²) in [5.41, 5.74) is 0.363. The van der Waals surface area contributed by atoms with Crippen molar-refractivity contribution in [1.29, 1.82) is 0 Å². The Hall–Kier alpha value is -2.35. The highest BCUT2D eigenvalue weighted by Crippen LogP contribution is 2.08. The molecule has 1 rings (SSSR count). The monoisotopic (exact) mass is 247 g/mol. The molecule has 0 aliphatic carbocycles. The molecule has 0 radical (unpaired) electrons. The summed E-state index contributed by atoms with van der Waals surface area (Å²) in [6.07, 6.45) is 5.25. The summed E-state index contributed by atoms with van der Waals surface area (Å²) in [7, 11) is 0. The van der Waals surface area contributed by atoms with E-state index in [0.717, 1.165) is 0 Å². The zero-order valence-electron chi connectivity index (χ0n) is 10.2. The Morgan fingerprint density at radius 2 is 1.61 bits per heavy atom. The molecular formula is C13H13NO4. The molecule has 0 atom stereocenters. The Kier molecular flexibility index (Phi) is 4.88. The molecule has 0 unspecified atom stereocenters. The topological polar surface area (TPSA) is 65.5 Å². The predicted molar refractivity (Wildman–Crippen MR) is 64.1 cm³/mol. The minimum absolute atomic E-state index is 0.00430. The van der Waals surface area contributed by atoms with E-state index in [1.807, 2.05) is 0 Å². The molecule has 1 aromatic heterocycles. The molecule has 0 spiro atoms. The average molecular weight is 247 g/mol. The zero-order chi connectivity index (χ0) is 13.5. The lowest BCUT2D eigenvalue weighted by molar-refractivity contribution is 0.0511. The Balaban J connectivity index is 3.14. The number of hydrogen-bond acceptors (Lipinski definition) is 5. The molecule has 1 aromatic rings. The largest absolute Gasteiger partial charge is 0.461 e. The van der Waals surface area contributed by atoms with Crippen LogP contribution in [0.1, 0.15) is 40.4 Å². The fourth-order valence-electron chi connectivity index (χ4n) is 1.23. The van der Waals surface area contributed by atoms with Gasteiger partial charge >= 0.3 is 11.9 Å². The molecule has 1 heterocycles. The summed E-state index contributed by atoms with van der Waals surface area (Å²) < 4.78 is 9.60. The lowest BCUT2D eigenvalue weighted by Crippen LogP contribution is -2.13. The van der Waals surface area contributed by atoms with Gasteiger partial charge in [0.2, 0.25) is 0 Å². The Morgan fingerprint density at radius 3 is 1.94 bits per heavy atom. The number of nitrogens with zero attached hydrogens (tertiary/aromatic N) is 1. The maximum Gasteiger partial charge on any atom is 0.356 e. The van der Waals surface area contributed by atoms with Crippen LogP contribution >= 0.6 is 0 Å². The van der Waals surface area contributed by atoms with E-state index in [1.54, 1.807) is 13.8 Å². The normalized spacial score (nSPS) is 9.39. The molecule has 0 aromatic carbocycles. The van der Waals surface area contributed by atoms with Gasteiger partial charge in [0.05, 0.1) is 13.2 Å². The van der Waals surface area contributed by atoms with Crippen LogP contribution in [0.4, 0.5) is 0 Å². The molecule has 94 valence electrons. The van der Waals surface area contributed by atoms with Crippen LogP contribution in [0.5, 0.6) is 0 Å². The highest BCUT2D eigenvalue weighted by Gasteiger charge is 2.15. The van der Waals surface area contributed by atoms with Gasteiger partial charge in [-0.05, 0) is 26.0 Å². The summed E-state index contributed by atoms with van der Waals surface area (Å²) in [6, 6.07) is 2.78. The van der Waals surface area contributed by atoms with E-state index < -0.39 is 11.9 Å². The van der Waals surface area contributed by atoms with Crippen molar-refractivity contribution >= 4 is 11.9 Å². The molecular weight excluding hydrogens is 234 g/mol. The second-order valence-corrected chi connectivity index (χ2v) is 3.21. The number of rotatable bonds is 4. The lowest BCUT2D eigenvalue weighted by atomic mass is 10.2.